The van der Waals surface area contributed by atoms with E-state index in [1.807, 2.05) is 6.07 Å². The minimum absolute atomic E-state index is 0.478. The number of benzene rings is 2. The maximum Gasteiger partial charge on any atom is 0.122 e. The molecule has 2 heteroatoms. The molecule has 0 aromatic heterocycles. The predicted molar refractivity (Wildman–Crippen MR) is 82.2 cm³/mol. The van der Waals surface area contributed by atoms with Gasteiger partial charge in [-0.05, 0) is 55.2 Å². The monoisotopic (exact) mass is 267 g/mol. The van der Waals surface area contributed by atoms with Gasteiger partial charge in [0.2, 0.25) is 0 Å². The first kappa shape index (κ1) is 13.2. The lowest BCUT2D eigenvalue weighted by Gasteiger charge is -2.28. The van der Waals surface area contributed by atoms with Gasteiger partial charge in [0.25, 0.3) is 0 Å². The Balaban J connectivity index is 2.09. The van der Waals surface area contributed by atoms with E-state index in [0.29, 0.717) is 0 Å². The van der Waals surface area contributed by atoms with E-state index in [4.69, 9.17) is 10.5 Å². The highest BCUT2D eigenvalue weighted by Crippen LogP contribution is 2.34. The normalized spacial score (nSPS) is 16.4. The third kappa shape index (κ3) is 2.10. The van der Waals surface area contributed by atoms with Crippen molar-refractivity contribution >= 4 is 0 Å². The van der Waals surface area contributed by atoms with Crippen molar-refractivity contribution in [2.45, 2.75) is 32.7 Å². The summed E-state index contributed by atoms with van der Waals surface area (Å²) in [6, 6.07) is 12.8. The molecule has 20 heavy (non-hydrogen) atoms. The van der Waals surface area contributed by atoms with E-state index in [0.717, 1.165) is 24.3 Å². The predicted octanol–water partition coefficient (Wildman–Crippen LogP) is 3.46. The van der Waals surface area contributed by atoms with E-state index in [1.54, 1.807) is 0 Å². The number of fused-ring (bicyclic) bond motifs is 1. The van der Waals surface area contributed by atoms with Crippen LogP contribution in [0, 0.1) is 13.8 Å². The lowest BCUT2D eigenvalue weighted by molar-refractivity contribution is 0.356. The van der Waals surface area contributed by atoms with Gasteiger partial charge in [-0.2, -0.15) is 0 Å². The van der Waals surface area contributed by atoms with Crippen LogP contribution in [0.1, 0.15) is 34.7 Å². The molecule has 1 atom stereocenters. The van der Waals surface area contributed by atoms with Crippen LogP contribution in [0.25, 0.3) is 0 Å². The highest BCUT2D eigenvalue weighted by atomic mass is 16.5. The summed E-state index contributed by atoms with van der Waals surface area (Å²) >= 11 is 0. The maximum absolute atomic E-state index is 6.68. The Labute approximate surface area is 120 Å². The van der Waals surface area contributed by atoms with E-state index in [1.165, 1.54) is 22.3 Å². The lowest BCUT2D eigenvalue weighted by atomic mass is 9.82. The Morgan fingerprint density at radius 2 is 1.90 bits per heavy atom. The third-order valence-electron chi connectivity index (χ3n) is 4.24. The Kier molecular flexibility index (Phi) is 3.06. The summed E-state index contributed by atoms with van der Waals surface area (Å²) < 4.78 is 5.57. The maximum atomic E-state index is 6.68. The van der Waals surface area contributed by atoms with Crippen LogP contribution >= 0.6 is 0 Å². The summed E-state index contributed by atoms with van der Waals surface area (Å²) in [6.07, 6.45) is 0.978. The third-order valence-corrected chi connectivity index (χ3v) is 4.24. The van der Waals surface area contributed by atoms with Crippen LogP contribution < -0.4 is 10.5 Å². The first-order valence-corrected chi connectivity index (χ1v) is 7.11. The van der Waals surface area contributed by atoms with Gasteiger partial charge in [-0.25, -0.2) is 0 Å². The minimum Gasteiger partial charge on any atom is -0.493 e. The van der Waals surface area contributed by atoms with Crippen LogP contribution in [-0.2, 0) is 12.0 Å². The summed E-state index contributed by atoms with van der Waals surface area (Å²) in [6.45, 7) is 7.10. The second kappa shape index (κ2) is 4.64. The average molecular weight is 267 g/mol. The second-order valence-corrected chi connectivity index (χ2v) is 5.94. The number of rotatable bonds is 2. The summed E-state index contributed by atoms with van der Waals surface area (Å²) in [5.74, 6) is 1.01. The van der Waals surface area contributed by atoms with E-state index < -0.39 is 5.54 Å². The van der Waals surface area contributed by atoms with Crippen LogP contribution in [0.15, 0.2) is 36.4 Å². The topological polar surface area (TPSA) is 35.2 Å². The van der Waals surface area contributed by atoms with Crippen LogP contribution in [0.3, 0.4) is 0 Å². The van der Waals surface area contributed by atoms with Crippen molar-refractivity contribution < 1.29 is 4.74 Å². The molecular weight excluding hydrogens is 246 g/mol. The second-order valence-electron chi connectivity index (χ2n) is 5.94. The molecular formula is C18H21NO. The van der Waals surface area contributed by atoms with Gasteiger partial charge in [0.1, 0.15) is 5.75 Å². The fourth-order valence-electron chi connectivity index (χ4n) is 2.96. The molecule has 0 fully saturated rings. The molecule has 0 spiro atoms. The zero-order valence-corrected chi connectivity index (χ0v) is 12.4. The summed E-state index contributed by atoms with van der Waals surface area (Å²) in [4.78, 5) is 0. The highest BCUT2D eigenvalue weighted by molar-refractivity contribution is 5.48. The standard InChI is InChI=1S/C18H21NO/c1-12-4-5-13(2)16(10-12)18(3,19)15-6-7-17-14(11-15)8-9-20-17/h4-7,10-11H,8-9,19H2,1-3H3. The van der Waals surface area contributed by atoms with Crippen LogP contribution in [0.4, 0.5) is 0 Å². The van der Waals surface area contributed by atoms with Gasteiger partial charge in [0.05, 0.1) is 12.1 Å². The first-order valence-electron chi connectivity index (χ1n) is 7.11. The van der Waals surface area contributed by atoms with Crippen LogP contribution in [0.2, 0.25) is 0 Å². The summed E-state index contributed by atoms with van der Waals surface area (Å²) in [7, 11) is 0. The Hall–Kier alpha value is -1.80. The molecule has 0 amide bonds. The van der Waals surface area contributed by atoms with Gasteiger partial charge in [-0.15, -0.1) is 0 Å². The molecule has 0 saturated heterocycles. The minimum atomic E-state index is -0.478. The number of ether oxygens (including phenoxy) is 1. The van der Waals surface area contributed by atoms with Crippen LogP contribution in [-0.4, -0.2) is 6.61 Å². The van der Waals surface area contributed by atoms with Gasteiger partial charge in [-0.3, -0.25) is 0 Å². The molecule has 0 radical (unpaired) electrons. The molecule has 3 rings (SSSR count). The Morgan fingerprint density at radius 3 is 2.70 bits per heavy atom. The molecule has 0 aliphatic carbocycles. The molecule has 2 nitrogen and oxygen atoms in total. The van der Waals surface area contributed by atoms with Gasteiger partial charge in [0, 0.05) is 6.42 Å². The van der Waals surface area contributed by atoms with E-state index >= 15 is 0 Å². The zero-order chi connectivity index (χ0) is 14.3. The van der Waals surface area contributed by atoms with Crippen molar-refractivity contribution in [2.24, 2.45) is 5.73 Å². The van der Waals surface area contributed by atoms with E-state index in [2.05, 4.69) is 51.1 Å². The van der Waals surface area contributed by atoms with Crippen molar-refractivity contribution in [2.75, 3.05) is 6.61 Å². The average Bonchev–Trinajstić information content (AvgIpc) is 2.88. The quantitative estimate of drug-likeness (QED) is 0.904. The molecule has 2 aromatic carbocycles. The molecule has 2 aromatic rings. The van der Waals surface area contributed by atoms with Crippen molar-refractivity contribution in [3.05, 3.63) is 64.2 Å². The Morgan fingerprint density at radius 1 is 1.10 bits per heavy atom. The fourth-order valence-corrected chi connectivity index (χ4v) is 2.96. The zero-order valence-electron chi connectivity index (χ0n) is 12.4. The van der Waals surface area contributed by atoms with Crippen molar-refractivity contribution in [1.82, 2.24) is 0 Å². The highest BCUT2D eigenvalue weighted by Gasteiger charge is 2.27. The van der Waals surface area contributed by atoms with Gasteiger partial charge in [-0.1, -0.05) is 29.8 Å². The lowest BCUT2D eigenvalue weighted by Crippen LogP contribution is -2.35. The van der Waals surface area contributed by atoms with Gasteiger partial charge >= 0.3 is 0 Å². The molecule has 1 aliphatic rings. The van der Waals surface area contributed by atoms with Gasteiger partial charge in [0.15, 0.2) is 0 Å². The smallest absolute Gasteiger partial charge is 0.122 e. The number of hydrogen-bond donors (Lipinski definition) is 1. The van der Waals surface area contributed by atoms with Crippen molar-refractivity contribution in [3.63, 3.8) is 0 Å². The molecule has 1 unspecified atom stereocenters. The number of hydrogen-bond acceptors (Lipinski definition) is 2. The SMILES string of the molecule is Cc1ccc(C)c(C(C)(N)c2ccc3c(c2)CCO3)c1. The number of aryl methyl sites for hydroxylation is 2. The van der Waals surface area contributed by atoms with E-state index in [9.17, 15) is 0 Å². The largest absolute Gasteiger partial charge is 0.493 e. The molecule has 1 aliphatic heterocycles. The van der Waals surface area contributed by atoms with Crippen LogP contribution in [0.5, 0.6) is 5.75 Å². The summed E-state index contributed by atoms with van der Waals surface area (Å²) in [5, 5.41) is 0. The van der Waals surface area contributed by atoms with Crippen molar-refractivity contribution in [3.8, 4) is 5.75 Å². The summed E-state index contributed by atoms with van der Waals surface area (Å²) in [5.41, 5.74) is 12.3. The molecule has 104 valence electrons. The van der Waals surface area contributed by atoms with Crippen molar-refractivity contribution in [1.29, 1.82) is 0 Å². The Bertz CT molecular complexity index is 658. The molecule has 0 bridgehead atoms. The number of nitrogens with two attached hydrogens (primary N) is 1. The molecule has 2 N–H and O–H groups in total. The fraction of sp³-hybridized carbons (Fsp3) is 0.333. The molecule has 0 saturated carbocycles. The van der Waals surface area contributed by atoms with Gasteiger partial charge < -0.3 is 10.5 Å². The first-order chi connectivity index (χ1) is 9.48. The van der Waals surface area contributed by atoms with E-state index in [-0.39, 0.29) is 0 Å². The molecule has 1 heterocycles.